The van der Waals surface area contributed by atoms with Crippen molar-refractivity contribution >= 4 is 24.0 Å². The molecule has 1 aliphatic heterocycles. The van der Waals surface area contributed by atoms with Gasteiger partial charge in [0, 0.05) is 31.3 Å². The van der Waals surface area contributed by atoms with Gasteiger partial charge < -0.3 is 10.2 Å². The van der Waals surface area contributed by atoms with Gasteiger partial charge in [0.1, 0.15) is 6.54 Å². The van der Waals surface area contributed by atoms with Crippen molar-refractivity contribution in [3.63, 3.8) is 0 Å². The van der Waals surface area contributed by atoms with Gasteiger partial charge in [-0.25, -0.2) is 0 Å². The number of carbonyl (C=O) groups excluding carboxylic acids is 1. The third kappa shape index (κ3) is 4.28. The van der Waals surface area contributed by atoms with Crippen LogP contribution in [-0.4, -0.2) is 46.5 Å². The largest absolute Gasteiger partial charge is 0.340 e. The molecule has 1 N–H and O–H groups in total. The number of pyridine rings is 1. The highest BCUT2D eigenvalue weighted by atomic mass is 35.5. The van der Waals surface area contributed by atoms with Gasteiger partial charge >= 0.3 is 0 Å². The van der Waals surface area contributed by atoms with Gasteiger partial charge in [-0.05, 0) is 19.9 Å². The quantitative estimate of drug-likeness (QED) is 0.636. The number of halogens is 1. The first kappa shape index (κ1) is 18.1. The van der Waals surface area contributed by atoms with E-state index >= 15 is 0 Å². The van der Waals surface area contributed by atoms with Crippen LogP contribution in [0.5, 0.6) is 0 Å². The van der Waals surface area contributed by atoms with E-state index in [9.17, 15) is 19.7 Å². The van der Waals surface area contributed by atoms with Crippen molar-refractivity contribution in [1.82, 2.24) is 14.8 Å². The monoisotopic (exact) mass is 330 g/mol. The number of carbonyl (C=O) groups is 1. The van der Waals surface area contributed by atoms with Crippen LogP contribution in [0.4, 0.5) is 5.69 Å². The number of nitro groups is 1. The third-order valence-electron chi connectivity index (χ3n) is 3.67. The van der Waals surface area contributed by atoms with Crippen LogP contribution in [0, 0.1) is 10.1 Å². The van der Waals surface area contributed by atoms with Gasteiger partial charge in [0.2, 0.25) is 5.91 Å². The predicted molar refractivity (Wildman–Crippen MR) is 83.3 cm³/mol. The van der Waals surface area contributed by atoms with Gasteiger partial charge in [-0.2, -0.15) is 0 Å². The average molecular weight is 331 g/mol. The Morgan fingerprint density at radius 2 is 2.23 bits per heavy atom. The maximum atomic E-state index is 12.2. The third-order valence-corrected chi connectivity index (χ3v) is 3.67. The predicted octanol–water partition coefficient (Wildman–Crippen LogP) is 0.389. The molecule has 1 aromatic heterocycles. The molecule has 2 rings (SSSR count). The SMILES string of the molecule is CNC1CCCN(C(=O)Cn2cc([N+](=O)[O-])ccc2=O)C1.Cl. The van der Waals surface area contributed by atoms with Crippen LogP contribution in [0.3, 0.4) is 0 Å². The Labute approximate surface area is 133 Å². The summed E-state index contributed by atoms with van der Waals surface area (Å²) in [6.45, 7) is 1.08. The molecule has 22 heavy (non-hydrogen) atoms. The lowest BCUT2D eigenvalue weighted by atomic mass is 10.1. The summed E-state index contributed by atoms with van der Waals surface area (Å²) in [5.74, 6) is -0.197. The molecule has 1 aliphatic rings. The molecule has 9 heteroatoms. The van der Waals surface area contributed by atoms with Crippen LogP contribution in [0.25, 0.3) is 0 Å². The van der Waals surface area contributed by atoms with Gasteiger partial charge in [0.05, 0.1) is 11.1 Å². The summed E-state index contributed by atoms with van der Waals surface area (Å²) < 4.78 is 1.09. The first-order valence-corrected chi connectivity index (χ1v) is 6.81. The summed E-state index contributed by atoms with van der Waals surface area (Å²) >= 11 is 0. The van der Waals surface area contributed by atoms with Crippen molar-refractivity contribution in [2.75, 3.05) is 20.1 Å². The van der Waals surface area contributed by atoms with Crippen molar-refractivity contribution in [3.8, 4) is 0 Å². The lowest BCUT2D eigenvalue weighted by Crippen LogP contribution is -2.48. The van der Waals surface area contributed by atoms with E-state index in [1.807, 2.05) is 7.05 Å². The number of hydrogen-bond donors (Lipinski definition) is 1. The summed E-state index contributed by atoms with van der Waals surface area (Å²) in [4.78, 5) is 35.7. The Hall–Kier alpha value is -1.93. The molecule has 1 atom stereocenters. The van der Waals surface area contributed by atoms with Gasteiger partial charge in [-0.15, -0.1) is 12.4 Å². The Kier molecular flexibility index (Phi) is 6.51. The zero-order chi connectivity index (χ0) is 15.4. The maximum absolute atomic E-state index is 12.2. The molecule has 0 aromatic carbocycles. The van der Waals surface area contributed by atoms with Crippen molar-refractivity contribution < 1.29 is 9.72 Å². The van der Waals surface area contributed by atoms with E-state index in [0.29, 0.717) is 13.1 Å². The molecule has 0 saturated carbocycles. The molecule has 122 valence electrons. The summed E-state index contributed by atoms with van der Waals surface area (Å²) in [6.07, 6.45) is 3.03. The second-order valence-corrected chi connectivity index (χ2v) is 5.08. The second-order valence-electron chi connectivity index (χ2n) is 5.08. The van der Waals surface area contributed by atoms with Crippen LogP contribution in [-0.2, 0) is 11.3 Å². The summed E-state index contributed by atoms with van der Waals surface area (Å²) in [5.41, 5.74) is -0.620. The molecule has 1 unspecified atom stereocenters. The number of hydrogen-bond acceptors (Lipinski definition) is 5. The van der Waals surface area contributed by atoms with Gasteiger partial charge in [0.15, 0.2) is 0 Å². The minimum absolute atomic E-state index is 0. The molecule has 0 aliphatic carbocycles. The van der Waals surface area contributed by atoms with E-state index in [0.717, 1.165) is 35.7 Å². The first-order chi connectivity index (χ1) is 10.0. The zero-order valence-corrected chi connectivity index (χ0v) is 13.0. The maximum Gasteiger partial charge on any atom is 0.285 e. The number of nitrogens with zero attached hydrogens (tertiary/aromatic N) is 3. The normalized spacial score (nSPS) is 17.7. The van der Waals surface area contributed by atoms with Crippen molar-refractivity contribution in [2.24, 2.45) is 0 Å². The number of aromatic nitrogens is 1. The minimum atomic E-state index is -0.585. The number of amides is 1. The number of rotatable bonds is 4. The summed E-state index contributed by atoms with van der Waals surface area (Å²) in [6, 6.07) is 2.50. The van der Waals surface area contributed by atoms with Crippen LogP contribution >= 0.6 is 12.4 Å². The topological polar surface area (TPSA) is 97.5 Å². The highest BCUT2D eigenvalue weighted by molar-refractivity contribution is 5.85. The number of likely N-dealkylation sites (tertiary alicyclic amines) is 1. The van der Waals surface area contributed by atoms with Crippen LogP contribution < -0.4 is 10.9 Å². The van der Waals surface area contributed by atoms with Crippen molar-refractivity contribution in [1.29, 1.82) is 0 Å². The fourth-order valence-electron chi connectivity index (χ4n) is 2.44. The van der Waals surface area contributed by atoms with E-state index in [2.05, 4.69) is 5.32 Å². The fourth-order valence-corrected chi connectivity index (χ4v) is 2.44. The average Bonchev–Trinajstić information content (AvgIpc) is 2.49. The molecule has 8 nitrogen and oxygen atoms in total. The molecule has 0 radical (unpaired) electrons. The molecule has 2 heterocycles. The van der Waals surface area contributed by atoms with Crippen molar-refractivity contribution in [3.05, 3.63) is 38.8 Å². The highest BCUT2D eigenvalue weighted by Gasteiger charge is 2.23. The lowest BCUT2D eigenvalue weighted by Gasteiger charge is -2.32. The Balaban J connectivity index is 0.00000242. The van der Waals surface area contributed by atoms with Crippen molar-refractivity contribution in [2.45, 2.75) is 25.4 Å². The summed E-state index contributed by atoms with van der Waals surface area (Å²) in [5, 5.41) is 13.9. The molecular weight excluding hydrogens is 312 g/mol. The molecular formula is C13H19ClN4O4. The molecule has 1 fully saturated rings. The molecule has 0 bridgehead atoms. The second kappa shape index (κ2) is 7.90. The summed E-state index contributed by atoms with van der Waals surface area (Å²) in [7, 11) is 1.85. The Morgan fingerprint density at radius 3 is 2.86 bits per heavy atom. The van der Waals surface area contributed by atoms with Crippen LogP contribution in [0.1, 0.15) is 12.8 Å². The Bertz CT molecular complexity index is 604. The van der Waals surface area contributed by atoms with Gasteiger partial charge in [-0.1, -0.05) is 0 Å². The van der Waals surface area contributed by atoms with E-state index in [1.54, 1.807) is 4.90 Å². The number of likely N-dealkylation sites (N-methyl/N-ethyl adjacent to an activating group) is 1. The number of nitrogens with one attached hydrogen (secondary N) is 1. The molecule has 1 amide bonds. The van der Waals surface area contributed by atoms with Gasteiger partial charge in [-0.3, -0.25) is 24.3 Å². The van der Waals surface area contributed by atoms with Gasteiger partial charge in [0.25, 0.3) is 11.2 Å². The standard InChI is InChI=1S/C13H18N4O4.ClH/c1-14-10-3-2-6-15(7-10)13(19)9-16-8-11(17(20)21)4-5-12(16)18;/h4-5,8,10,14H,2-3,6-7,9H2,1H3;1H. The highest BCUT2D eigenvalue weighted by Crippen LogP contribution is 2.11. The lowest BCUT2D eigenvalue weighted by molar-refractivity contribution is -0.385. The molecule has 1 aromatic rings. The fraction of sp³-hybridized carbons (Fsp3) is 0.538. The molecule has 1 saturated heterocycles. The van der Waals surface area contributed by atoms with Crippen LogP contribution in [0.2, 0.25) is 0 Å². The van der Waals surface area contributed by atoms with E-state index < -0.39 is 10.5 Å². The van der Waals surface area contributed by atoms with E-state index in [4.69, 9.17) is 0 Å². The van der Waals surface area contributed by atoms with Crippen LogP contribution in [0.15, 0.2) is 23.1 Å². The Morgan fingerprint density at radius 1 is 1.50 bits per heavy atom. The first-order valence-electron chi connectivity index (χ1n) is 6.81. The number of piperidine rings is 1. The van der Waals surface area contributed by atoms with E-state index in [1.165, 1.54) is 0 Å². The zero-order valence-electron chi connectivity index (χ0n) is 12.2. The minimum Gasteiger partial charge on any atom is -0.340 e. The van der Waals surface area contributed by atoms with E-state index in [-0.39, 0.29) is 36.6 Å². The molecule has 0 spiro atoms. The smallest absolute Gasteiger partial charge is 0.285 e.